The van der Waals surface area contributed by atoms with Crippen molar-refractivity contribution < 1.29 is 0 Å². The summed E-state index contributed by atoms with van der Waals surface area (Å²) in [6.45, 7) is 0. The van der Waals surface area contributed by atoms with Crippen LogP contribution in [0, 0.1) is 0 Å². The van der Waals surface area contributed by atoms with E-state index >= 15 is 0 Å². The van der Waals surface area contributed by atoms with Gasteiger partial charge in [-0.05, 0) is 45.8 Å². The topological polar surface area (TPSA) is 52.0 Å². The zero-order valence-electron chi connectivity index (χ0n) is 8.77. The summed E-state index contributed by atoms with van der Waals surface area (Å²) < 4.78 is 0. The van der Waals surface area contributed by atoms with Gasteiger partial charge in [-0.3, -0.25) is 0 Å². The van der Waals surface area contributed by atoms with Crippen LogP contribution < -0.4 is 11.5 Å². The third kappa shape index (κ3) is 1.27. The monoisotopic (exact) mass is 208 g/mol. The highest BCUT2D eigenvalue weighted by atomic mass is 14.5. The van der Waals surface area contributed by atoms with Gasteiger partial charge < -0.3 is 11.5 Å². The molecule has 0 spiro atoms. The van der Waals surface area contributed by atoms with Gasteiger partial charge in [-0.1, -0.05) is 24.3 Å². The highest BCUT2D eigenvalue weighted by molar-refractivity contribution is 6.09. The van der Waals surface area contributed by atoms with Crippen molar-refractivity contribution in [3.8, 4) is 0 Å². The molecule has 0 aromatic heterocycles. The molecule has 0 atom stereocenters. The number of nitrogens with two attached hydrogens (primary N) is 2. The largest absolute Gasteiger partial charge is 0.399 e. The average molecular weight is 208 g/mol. The molecule has 4 N–H and O–H groups in total. The predicted molar refractivity (Wildman–Crippen MR) is 70.3 cm³/mol. The summed E-state index contributed by atoms with van der Waals surface area (Å²) in [7, 11) is 0. The lowest BCUT2D eigenvalue weighted by molar-refractivity contribution is 1.73. The zero-order chi connectivity index (χ0) is 11.1. The third-order valence-corrected chi connectivity index (χ3v) is 2.89. The molecule has 16 heavy (non-hydrogen) atoms. The van der Waals surface area contributed by atoms with E-state index in [1.165, 1.54) is 16.2 Å². The second kappa shape index (κ2) is 3.14. The van der Waals surface area contributed by atoms with Crippen LogP contribution in [-0.4, -0.2) is 0 Å². The summed E-state index contributed by atoms with van der Waals surface area (Å²) in [4.78, 5) is 0. The molecule has 2 nitrogen and oxygen atoms in total. The lowest BCUT2D eigenvalue weighted by atomic mass is 10.0. The number of rotatable bonds is 0. The molecule has 0 fully saturated rings. The maximum atomic E-state index is 5.82. The first-order chi connectivity index (χ1) is 7.74. The summed E-state index contributed by atoms with van der Waals surface area (Å²) in [5.41, 5.74) is 13.2. The van der Waals surface area contributed by atoms with Gasteiger partial charge in [0.2, 0.25) is 0 Å². The van der Waals surface area contributed by atoms with Crippen molar-refractivity contribution in [2.45, 2.75) is 0 Å². The summed E-state index contributed by atoms with van der Waals surface area (Å²) in [5, 5.41) is 4.72. The number of benzene rings is 3. The molecule has 0 heterocycles. The second-order valence-electron chi connectivity index (χ2n) is 4.03. The van der Waals surface area contributed by atoms with Crippen LogP contribution in [-0.2, 0) is 0 Å². The number of anilines is 2. The number of nitrogen functional groups attached to an aromatic ring is 2. The number of fused-ring (bicyclic) bond motifs is 3. The molecule has 0 aliphatic rings. The molecule has 0 bridgehead atoms. The predicted octanol–water partition coefficient (Wildman–Crippen LogP) is 3.16. The van der Waals surface area contributed by atoms with Gasteiger partial charge in [0.05, 0.1) is 0 Å². The minimum Gasteiger partial charge on any atom is -0.399 e. The molecule has 3 rings (SSSR count). The first-order valence-electron chi connectivity index (χ1n) is 5.21. The lowest BCUT2D eigenvalue weighted by Gasteiger charge is -2.05. The van der Waals surface area contributed by atoms with Crippen molar-refractivity contribution in [1.29, 1.82) is 0 Å². The fourth-order valence-corrected chi connectivity index (χ4v) is 2.10. The summed E-state index contributed by atoms with van der Waals surface area (Å²) in [5.74, 6) is 0. The molecule has 0 radical (unpaired) electrons. The van der Waals surface area contributed by atoms with Gasteiger partial charge in [0, 0.05) is 11.4 Å². The lowest BCUT2D eigenvalue weighted by Crippen LogP contribution is -1.86. The normalized spacial score (nSPS) is 11.0. The second-order valence-corrected chi connectivity index (χ2v) is 4.03. The summed E-state index contributed by atoms with van der Waals surface area (Å²) in [6.07, 6.45) is 0. The molecule has 0 amide bonds. The average Bonchev–Trinajstić information content (AvgIpc) is 2.28. The van der Waals surface area contributed by atoms with E-state index in [1.807, 2.05) is 36.4 Å². The smallest absolute Gasteiger partial charge is 0.0320 e. The van der Waals surface area contributed by atoms with Crippen LogP contribution in [0.15, 0.2) is 48.5 Å². The molecule has 0 aliphatic carbocycles. The van der Waals surface area contributed by atoms with E-state index in [1.54, 1.807) is 0 Å². The maximum absolute atomic E-state index is 5.82. The quantitative estimate of drug-likeness (QED) is 0.440. The Morgan fingerprint density at radius 2 is 1.19 bits per heavy atom. The Morgan fingerprint density at radius 1 is 0.562 bits per heavy atom. The fourth-order valence-electron chi connectivity index (χ4n) is 2.10. The van der Waals surface area contributed by atoms with Gasteiger partial charge in [0.15, 0.2) is 0 Å². The molecule has 78 valence electrons. The first-order valence-corrected chi connectivity index (χ1v) is 5.21. The molecular weight excluding hydrogens is 196 g/mol. The van der Waals surface area contributed by atoms with Crippen LogP contribution >= 0.6 is 0 Å². The minimum atomic E-state index is 0.788. The highest BCUT2D eigenvalue weighted by Gasteiger charge is 2.01. The molecule has 0 saturated heterocycles. The van der Waals surface area contributed by atoms with Crippen LogP contribution in [0.25, 0.3) is 21.5 Å². The van der Waals surface area contributed by atoms with Crippen LogP contribution in [0.1, 0.15) is 0 Å². The van der Waals surface area contributed by atoms with Gasteiger partial charge in [-0.15, -0.1) is 0 Å². The molecule has 2 heteroatoms. The van der Waals surface area contributed by atoms with E-state index in [2.05, 4.69) is 12.1 Å². The van der Waals surface area contributed by atoms with Crippen LogP contribution in [0.5, 0.6) is 0 Å². The van der Waals surface area contributed by atoms with E-state index in [0.29, 0.717) is 0 Å². The van der Waals surface area contributed by atoms with Crippen molar-refractivity contribution >= 4 is 32.9 Å². The first kappa shape index (κ1) is 9.04. The summed E-state index contributed by atoms with van der Waals surface area (Å²) >= 11 is 0. The van der Waals surface area contributed by atoms with Crippen molar-refractivity contribution in [3.05, 3.63) is 48.5 Å². The summed E-state index contributed by atoms with van der Waals surface area (Å²) in [6, 6.07) is 16.1. The SMILES string of the molecule is Nc1ccc2c(ccc3ccc(N)cc32)c1. The van der Waals surface area contributed by atoms with E-state index in [4.69, 9.17) is 11.5 Å². The zero-order valence-corrected chi connectivity index (χ0v) is 8.77. The third-order valence-electron chi connectivity index (χ3n) is 2.89. The Kier molecular flexibility index (Phi) is 1.77. The van der Waals surface area contributed by atoms with Crippen molar-refractivity contribution in [2.24, 2.45) is 0 Å². The standard InChI is InChI=1S/C14H12N2/c15-11-5-6-13-10(7-11)2-1-9-3-4-12(16)8-14(9)13/h1-8H,15-16H2. The van der Waals surface area contributed by atoms with E-state index in [9.17, 15) is 0 Å². The fraction of sp³-hybridized carbons (Fsp3) is 0. The molecular formula is C14H12N2. The maximum Gasteiger partial charge on any atom is 0.0320 e. The van der Waals surface area contributed by atoms with Gasteiger partial charge in [0.1, 0.15) is 0 Å². The molecule has 3 aromatic rings. The van der Waals surface area contributed by atoms with Gasteiger partial charge in [-0.2, -0.15) is 0 Å². The molecule has 0 saturated carbocycles. The Balaban J connectivity index is 2.52. The molecule has 0 unspecified atom stereocenters. The van der Waals surface area contributed by atoms with Crippen LogP contribution in [0.4, 0.5) is 11.4 Å². The van der Waals surface area contributed by atoms with Gasteiger partial charge in [-0.25, -0.2) is 0 Å². The van der Waals surface area contributed by atoms with Gasteiger partial charge >= 0.3 is 0 Å². The Morgan fingerprint density at radius 3 is 2.06 bits per heavy atom. The highest BCUT2D eigenvalue weighted by Crippen LogP contribution is 2.28. The van der Waals surface area contributed by atoms with Crippen LogP contribution in [0.2, 0.25) is 0 Å². The number of hydrogen-bond acceptors (Lipinski definition) is 2. The van der Waals surface area contributed by atoms with Crippen molar-refractivity contribution in [1.82, 2.24) is 0 Å². The van der Waals surface area contributed by atoms with E-state index < -0.39 is 0 Å². The molecule has 3 aromatic carbocycles. The number of hydrogen-bond donors (Lipinski definition) is 2. The van der Waals surface area contributed by atoms with Gasteiger partial charge in [0.25, 0.3) is 0 Å². The van der Waals surface area contributed by atoms with Crippen molar-refractivity contribution in [3.63, 3.8) is 0 Å². The molecule has 0 aliphatic heterocycles. The Labute approximate surface area is 93.5 Å². The van der Waals surface area contributed by atoms with Crippen molar-refractivity contribution in [2.75, 3.05) is 11.5 Å². The van der Waals surface area contributed by atoms with E-state index in [0.717, 1.165) is 16.8 Å². The Hall–Kier alpha value is -2.22. The van der Waals surface area contributed by atoms with Crippen LogP contribution in [0.3, 0.4) is 0 Å². The van der Waals surface area contributed by atoms with E-state index in [-0.39, 0.29) is 0 Å². The minimum absolute atomic E-state index is 0.788. The Bertz CT molecular complexity index is 687.